The van der Waals surface area contributed by atoms with E-state index in [0.717, 1.165) is 19.4 Å². The topological polar surface area (TPSA) is 49.5 Å². The highest BCUT2D eigenvalue weighted by Crippen LogP contribution is 2.09. The minimum absolute atomic E-state index is 0.0812. The van der Waals surface area contributed by atoms with Gasteiger partial charge in [0.25, 0.3) is 0 Å². The summed E-state index contributed by atoms with van der Waals surface area (Å²) in [6, 6.07) is 0. The van der Waals surface area contributed by atoms with Crippen LogP contribution in [0.4, 0.5) is 0 Å². The van der Waals surface area contributed by atoms with E-state index in [1.807, 2.05) is 6.92 Å². The van der Waals surface area contributed by atoms with E-state index in [9.17, 15) is 0 Å². The molecule has 0 saturated heterocycles. The highest BCUT2D eigenvalue weighted by molar-refractivity contribution is 4.76. The van der Waals surface area contributed by atoms with Crippen molar-refractivity contribution in [2.24, 2.45) is 5.73 Å². The molecule has 0 rings (SSSR count). The Bertz CT molecular complexity index is 137. The zero-order valence-corrected chi connectivity index (χ0v) is 9.92. The zero-order valence-electron chi connectivity index (χ0n) is 9.92. The van der Waals surface area contributed by atoms with E-state index in [2.05, 4.69) is 18.9 Å². The predicted octanol–water partition coefficient (Wildman–Crippen LogP) is 1.21. The third-order valence-corrected chi connectivity index (χ3v) is 2.50. The van der Waals surface area contributed by atoms with Gasteiger partial charge in [-0.05, 0) is 46.3 Å². The summed E-state index contributed by atoms with van der Waals surface area (Å²) in [6.45, 7) is 6.48. The van der Waals surface area contributed by atoms with E-state index in [-0.39, 0.29) is 12.1 Å². The fourth-order valence-corrected chi connectivity index (χ4v) is 1.48. The number of nitrogens with zero attached hydrogens (tertiary/aromatic N) is 1. The Hall–Kier alpha value is -0.120. The fourth-order valence-electron chi connectivity index (χ4n) is 1.48. The number of aliphatic hydroxyl groups excluding tert-OH is 1. The molecule has 0 aliphatic heterocycles. The highest BCUT2D eigenvalue weighted by Gasteiger charge is 2.15. The van der Waals surface area contributed by atoms with Gasteiger partial charge in [0.2, 0.25) is 0 Å². The molecule has 0 heterocycles. The van der Waals surface area contributed by atoms with Crippen molar-refractivity contribution in [3.63, 3.8) is 0 Å². The maximum Gasteiger partial charge on any atom is 0.0608 e. The number of aliphatic hydroxyl groups is 1. The summed E-state index contributed by atoms with van der Waals surface area (Å²) in [7, 11) is 2.15. The Morgan fingerprint density at radius 1 is 1.29 bits per heavy atom. The molecule has 1 unspecified atom stereocenters. The molecule has 0 aromatic heterocycles. The summed E-state index contributed by atoms with van der Waals surface area (Å²) < 4.78 is 0. The molecule has 0 radical (unpaired) electrons. The van der Waals surface area contributed by atoms with Crippen molar-refractivity contribution < 1.29 is 5.11 Å². The number of rotatable bonds is 8. The maximum absolute atomic E-state index is 8.95. The molecule has 0 aromatic carbocycles. The standard InChI is InChI=1S/C11H26N2O/c1-4-8-13(3)9-6-5-7-11(2,12)10-14/h14H,4-10,12H2,1-3H3. The summed E-state index contributed by atoms with van der Waals surface area (Å²) in [4.78, 5) is 2.34. The smallest absolute Gasteiger partial charge is 0.0608 e. The lowest BCUT2D eigenvalue weighted by Crippen LogP contribution is -2.40. The van der Waals surface area contributed by atoms with Gasteiger partial charge in [-0.2, -0.15) is 0 Å². The molecule has 86 valence electrons. The van der Waals surface area contributed by atoms with Gasteiger partial charge in [0, 0.05) is 5.54 Å². The van der Waals surface area contributed by atoms with Crippen LogP contribution in [0.3, 0.4) is 0 Å². The van der Waals surface area contributed by atoms with Gasteiger partial charge in [-0.15, -0.1) is 0 Å². The van der Waals surface area contributed by atoms with Crippen molar-refractivity contribution in [1.29, 1.82) is 0 Å². The lowest BCUT2D eigenvalue weighted by atomic mass is 9.97. The van der Waals surface area contributed by atoms with E-state index >= 15 is 0 Å². The Balaban J connectivity index is 3.37. The third-order valence-electron chi connectivity index (χ3n) is 2.50. The number of nitrogens with two attached hydrogens (primary N) is 1. The lowest BCUT2D eigenvalue weighted by molar-refractivity contribution is 0.195. The molecular weight excluding hydrogens is 176 g/mol. The van der Waals surface area contributed by atoms with Crippen LogP contribution < -0.4 is 5.73 Å². The first-order chi connectivity index (χ1) is 6.52. The van der Waals surface area contributed by atoms with E-state index < -0.39 is 0 Å². The first kappa shape index (κ1) is 13.9. The second-order valence-corrected chi connectivity index (χ2v) is 4.57. The van der Waals surface area contributed by atoms with Gasteiger partial charge >= 0.3 is 0 Å². The van der Waals surface area contributed by atoms with E-state index in [0.29, 0.717) is 0 Å². The largest absolute Gasteiger partial charge is 0.394 e. The van der Waals surface area contributed by atoms with Crippen molar-refractivity contribution in [3.05, 3.63) is 0 Å². The van der Waals surface area contributed by atoms with Crippen molar-refractivity contribution in [2.45, 2.75) is 45.1 Å². The first-order valence-corrected chi connectivity index (χ1v) is 5.60. The van der Waals surface area contributed by atoms with Crippen molar-refractivity contribution in [3.8, 4) is 0 Å². The molecule has 3 heteroatoms. The van der Waals surface area contributed by atoms with Crippen LogP contribution in [-0.4, -0.2) is 42.3 Å². The van der Waals surface area contributed by atoms with Crippen LogP contribution in [0.5, 0.6) is 0 Å². The van der Waals surface area contributed by atoms with Gasteiger partial charge in [-0.3, -0.25) is 0 Å². The maximum atomic E-state index is 8.95. The van der Waals surface area contributed by atoms with Gasteiger partial charge in [0.1, 0.15) is 0 Å². The Kier molecular flexibility index (Phi) is 7.15. The van der Waals surface area contributed by atoms with Crippen LogP contribution in [-0.2, 0) is 0 Å². The fraction of sp³-hybridized carbons (Fsp3) is 1.00. The molecule has 0 fully saturated rings. The SMILES string of the molecule is CCCN(C)CCCCC(C)(N)CO. The molecule has 0 saturated carbocycles. The van der Waals surface area contributed by atoms with Crippen LogP contribution in [0.1, 0.15) is 39.5 Å². The minimum atomic E-state index is -0.386. The van der Waals surface area contributed by atoms with Crippen molar-refractivity contribution in [2.75, 3.05) is 26.7 Å². The van der Waals surface area contributed by atoms with E-state index in [1.54, 1.807) is 0 Å². The van der Waals surface area contributed by atoms with Gasteiger partial charge in [-0.25, -0.2) is 0 Å². The number of hydrogen-bond donors (Lipinski definition) is 2. The highest BCUT2D eigenvalue weighted by atomic mass is 16.3. The number of hydrogen-bond acceptors (Lipinski definition) is 3. The second-order valence-electron chi connectivity index (χ2n) is 4.57. The van der Waals surface area contributed by atoms with Gasteiger partial charge in [-0.1, -0.05) is 13.3 Å². The second kappa shape index (κ2) is 7.21. The summed E-state index contributed by atoms with van der Waals surface area (Å²) in [6.07, 6.45) is 4.39. The quantitative estimate of drug-likeness (QED) is 0.582. The van der Waals surface area contributed by atoms with Crippen LogP contribution in [0.25, 0.3) is 0 Å². The van der Waals surface area contributed by atoms with Crippen LogP contribution in [0.15, 0.2) is 0 Å². The molecular formula is C11H26N2O. The number of unbranched alkanes of at least 4 members (excludes halogenated alkanes) is 1. The van der Waals surface area contributed by atoms with E-state index in [1.165, 1.54) is 19.4 Å². The molecule has 1 atom stereocenters. The van der Waals surface area contributed by atoms with Crippen LogP contribution in [0, 0.1) is 0 Å². The molecule has 14 heavy (non-hydrogen) atoms. The lowest BCUT2D eigenvalue weighted by Gasteiger charge is -2.22. The molecule has 3 N–H and O–H groups in total. The van der Waals surface area contributed by atoms with Gasteiger partial charge in [0.05, 0.1) is 6.61 Å². The monoisotopic (exact) mass is 202 g/mol. The third kappa shape index (κ3) is 7.30. The van der Waals surface area contributed by atoms with Crippen molar-refractivity contribution >= 4 is 0 Å². The molecule has 0 amide bonds. The van der Waals surface area contributed by atoms with Gasteiger partial charge in [0.15, 0.2) is 0 Å². The summed E-state index contributed by atoms with van der Waals surface area (Å²) in [5.41, 5.74) is 5.44. The molecule has 3 nitrogen and oxygen atoms in total. The average molecular weight is 202 g/mol. The normalized spacial score (nSPS) is 15.9. The zero-order chi connectivity index (χ0) is 11.0. The first-order valence-electron chi connectivity index (χ1n) is 5.60. The summed E-state index contributed by atoms with van der Waals surface area (Å²) in [5, 5.41) is 8.95. The van der Waals surface area contributed by atoms with Crippen molar-refractivity contribution in [1.82, 2.24) is 4.90 Å². The molecule has 0 bridgehead atoms. The van der Waals surface area contributed by atoms with Crippen LogP contribution in [0.2, 0.25) is 0 Å². The molecule has 0 spiro atoms. The van der Waals surface area contributed by atoms with Gasteiger partial charge < -0.3 is 15.7 Å². The van der Waals surface area contributed by atoms with E-state index in [4.69, 9.17) is 10.8 Å². The Morgan fingerprint density at radius 2 is 1.93 bits per heavy atom. The summed E-state index contributed by atoms with van der Waals surface area (Å²) in [5.74, 6) is 0. The molecule has 0 aliphatic rings. The average Bonchev–Trinajstić information content (AvgIpc) is 2.13. The van der Waals surface area contributed by atoms with Crippen LogP contribution >= 0.6 is 0 Å². The minimum Gasteiger partial charge on any atom is -0.394 e. The Labute approximate surface area is 88.3 Å². The summed E-state index contributed by atoms with van der Waals surface area (Å²) >= 11 is 0. The predicted molar refractivity (Wildman–Crippen MR) is 61.3 cm³/mol. The molecule has 0 aliphatic carbocycles. The Morgan fingerprint density at radius 3 is 2.43 bits per heavy atom. The molecule has 0 aromatic rings.